The first-order valence-corrected chi connectivity index (χ1v) is 8.65. The summed E-state index contributed by atoms with van der Waals surface area (Å²) < 4.78 is 28.3. The normalized spacial score (nSPS) is 20.4. The van der Waals surface area contributed by atoms with E-state index >= 15 is 0 Å². The van der Waals surface area contributed by atoms with Crippen LogP contribution in [0.4, 0.5) is 0 Å². The molecule has 0 amide bonds. The largest absolute Gasteiger partial charge is 0.496 e. The number of hydrogen-bond acceptors (Lipinski definition) is 7. The Balaban J connectivity index is 1.90. The molecule has 3 aromatic rings. The number of methoxy groups -OCH3 is 1. The lowest BCUT2D eigenvalue weighted by atomic mass is 9.95. The van der Waals surface area contributed by atoms with Gasteiger partial charge in [-0.1, -0.05) is 6.07 Å². The SMILES string of the molecule is COc1cc2c(c3oc4cccc(OC(C)=O)c4c(=O)c13)C1CCOC1O2. The van der Waals surface area contributed by atoms with Gasteiger partial charge in [0.15, 0.2) is 0 Å². The van der Waals surface area contributed by atoms with Crippen molar-refractivity contribution in [3.05, 3.63) is 40.1 Å². The van der Waals surface area contributed by atoms with Gasteiger partial charge in [-0.25, -0.2) is 0 Å². The van der Waals surface area contributed by atoms with Gasteiger partial charge in [0.05, 0.1) is 19.6 Å². The van der Waals surface area contributed by atoms with Gasteiger partial charge in [0.1, 0.15) is 39.2 Å². The highest BCUT2D eigenvalue weighted by Gasteiger charge is 2.42. The molecule has 2 aliphatic rings. The van der Waals surface area contributed by atoms with E-state index in [2.05, 4.69) is 0 Å². The Morgan fingerprint density at radius 3 is 2.85 bits per heavy atom. The third-order valence-electron chi connectivity index (χ3n) is 5.03. The maximum Gasteiger partial charge on any atom is 0.308 e. The molecule has 0 aliphatic carbocycles. The highest BCUT2D eigenvalue weighted by Crippen LogP contribution is 2.50. The van der Waals surface area contributed by atoms with Crippen molar-refractivity contribution in [2.45, 2.75) is 25.6 Å². The molecule has 5 rings (SSSR count). The van der Waals surface area contributed by atoms with E-state index in [0.29, 0.717) is 34.7 Å². The van der Waals surface area contributed by atoms with Gasteiger partial charge in [-0.2, -0.15) is 0 Å². The molecule has 7 heteroatoms. The van der Waals surface area contributed by atoms with Crippen LogP contribution in [0.15, 0.2) is 33.5 Å². The minimum atomic E-state index is -0.512. The number of rotatable bonds is 2. The maximum atomic E-state index is 13.4. The molecule has 0 saturated carbocycles. The van der Waals surface area contributed by atoms with Crippen LogP contribution in [-0.4, -0.2) is 26.0 Å². The molecule has 27 heavy (non-hydrogen) atoms. The zero-order valence-corrected chi connectivity index (χ0v) is 14.7. The van der Waals surface area contributed by atoms with Crippen molar-refractivity contribution in [1.82, 2.24) is 0 Å². The molecular formula is C20H16O7. The maximum absolute atomic E-state index is 13.4. The third kappa shape index (κ3) is 2.24. The summed E-state index contributed by atoms with van der Waals surface area (Å²) in [6, 6.07) is 6.61. The second-order valence-electron chi connectivity index (χ2n) is 6.60. The minimum Gasteiger partial charge on any atom is -0.496 e. The Morgan fingerprint density at radius 2 is 2.07 bits per heavy atom. The number of hydrogen-bond donors (Lipinski definition) is 0. The first-order chi connectivity index (χ1) is 13.1. The van der Waals surface area contributed by atoms with E-state index in [1.54, 1.807) is 24.3 Å². The van der Waals surface area contributed by atoms with E-state index in [9.17, 15) is 9.59 Å². The van der Waals surface area contributed by atoms with Crippen LogP contribution < -0.4 is 19.6 Å². The van der Waals surface area contributed by atoms with Gasteiger partial charge in [-0.3, -0.25) is 9.59 Å². The topological polar surface area (TPSA) is 84.2 Å². The summed E-state index contributed by atoms with van der Waals surface area (Å²) in [6.07, 6.45) is 0.414. The van der Waals surface area contributed by atoms with Gasteiger partial charge >= 0.3 is 5.97 Å². The van der Waals surface area contributed by atoms with E-state index in [-0.39, 0.29) is 28.8 Å². The lowest BCUT2D eigenvalue weighted by Gasteiger charge is -2.12. The summed E-state index contributed by atoms with van der Waals surface area (Å²) in [5, 5.41) is 0.510. The number of benzene rings is 2. The van der Waals surface area contributed by atoms with Crippen molar-refractivity contribution in [1.29, 1.82) is 0 Å². The lowest BCUT2D eigenvalue weighted by molar-refractivity contribution is -0.131. The Bertz CT molecular complexity index is 1160. The van der Waals surface area contributed by atoms with Gasteiger partial charge in [0.2, 0.25) is 11.7 Å². The van der Waals surface area contributed by atoms with Crippen LogP contribution in [0.5, 0.6) is 17.2 Å². The Morgan fingerprint density at radius 1 is 1.22 bits per heavy atom. The summed E-state index contributed by atoms with van der Waals surface area (Å²) in [7, 11) is 1.48. The van der Waals surface area contributed by atoms with Crippen molar-refractivity contribution >= 4 is 27.9 Å². The van der Waals surface area contributed by atoms with Gasteiger partial charge < -0.3 is 23.4 Å². The average molecular weight is 368 g/mol. The standard InChI is InChI=1S/C20H16O7/c1-9(21)25-11-4-3-5-12-16(11)18(22)17-13(23-2)8-14-15(19(17)26-12)10-6-7-24-20(10)27-14/h3-5,8,10,20H,6-7H2,1-2H3. The average Bonchev–Trinajstić information content (AvgIpc) is 3.21. The van der Waals surface area contributed by atoms with Crippen molar-refractivity contribution in [2.24, 2.45) is 0 Å². The van der Waals surface area contributed by atoms with E-state index in [1.807, 2.05) is 0 Å². The lowest BCUT2D eigenvalue weighted by Crippen LogP contribution is -2.13. The molecule has 2 aliphatic heterocycles. The molecule has 2 aromatic carbocycles. The number of carbonyl (C=O) groups is 1. The van der Waals surface area contributed by atoms with Crippen LogP contribution >= 0.6 is 0 Å². The second-order valence-corrected chi connectivity index (χ2v) is 6.60. The van der Waals surface area contributed by atoms with Crippen molar-refractivity contribution in [2.75, 3.05) is 13.7 Å². The summed E-state index contributed by atoms with van der Waals surface area (Å²) in [5.41, 5.74) is 1.28. The molecule has 7 nitrogen and oxygen atoms in total. The molecular weight excluding hydrogens is 352 g/mol. The first-order valence-electron chi connectivity index (χ1n) is 8.65. The number of esters is 1. The summed E-state index contributed by atoms with van der Waals surface area (Å²) >= 11 is 0. The van der Waals surface area contributed by atoms with Crippen LogP contribution in [0.2, 0.25) is 0 Å². The summed E-state index contributed by atoms with van der Waals surface area (Å²) in [6.45, 7) is 1.88. The van der Waals surface area contributed by atoms with Crippen molar-refractivity contribution in [3.8, 4) is 17.2 Å². The van der Waals surface area contributed by atoms with Gasteiger partial charge in [-0.05, 0) is 18.6 Å². The molecule has 0 N–H and O–H groups in total. The Labute approximate surface area is 153 Å². The van der Waals surface area contributed by atoms with E-state index in [4.69, 9.17) is 23.4 Å². The van der Waals surface area contributed by atoms with Gasteiger partial charge in [0.25, 0.3) is 0 Å². The zero-order valence-electron chi connectivity index (χ0n) is 14.7. The molecule has 1 saturated heterocycles. The molecule has 3 heterocycles. The van der Waals surface area contributed by atoms with Gasteiger partial charge in [0, 0.05) is 18.6 Å². The number of ether oxygens (including phenoxy) is 4. The Kier molecular flexibility index (Phi) is 3.42. The highest BCUT2D eigenvalue weighted by atomic mass is 16.7. The summed E-state index contributed by atoms with van der Waals surface area (Å²) in [4.78, 5) is 24.8. The van der Waals surface area contributed by atoms with Crippen molar-refractivity contribution in [3.63, 3.8) is 0 Å². The highest BCUT2D eigenvalue weighted by molar-refractivity contribution is 5.99. The molecule has 138 valence electrons. The fourth-order valence-corrected chi connectivity index (χ4v) is 3.94. The summed E-state index contributed by atoms with van der Waals surface area (Å²) in [5.74, 6) is 0.606. The third-order valence-corrected chi connectivity index (χ3v) is 5.03. The van der Waals surface area contributed by atoms with Crippen molar-refractivity contribution < 1.29 is 28.2 Å². The Hall–Kier alpha value is -3.06. The molecule has 1 fully saturated rings. The minimum absolute atomic E-state index is 0.00524. The fraction of sp³-hybridized carbons (Fsp3) is 0.300. The van der Waals surface area contributed by atoms with E-state index in [1.165, 1.54) is 14.0 Å². The molecule has 1 aromatic heterocycles. The fourth-order valence-electron chi connectivity index (χ4n) is 3.94. The number of fused-ring (bicyclic) bond motifs is 6. The predicted octanol–water partition coefficient (Wildman–Crippen LogP) is 3.10. The van der Waals surface area contributed by atoms with E-state index in [0.717, 1.165) is 12.0 Å². The molecule has 2 atom stereocenters. The smallest absolute Gasteiger partial charge is 0.308 e. The van der Waals surface area contributed by atoms with Gasteiger partial charge in [-0.15, -0.1) is 0 Å². The van der Waals surface area contributed by atoms with E-state index < -0.39 is 5.97 Å². The number of carbonyl (C=O) groups excluding carboxylic acids is 1. The molecule has 0 radical (unpaired) electrons. The first kappa shape index (κ1) is 16.1. The van der Waals surface area contributed by atoms with Crippen LogP contribution in [-0.2, 0) is 9.53 Å². The van der Waals surface area contributed by atoms with Crippen LogP contribution in [0.1, 0.15) is 24.8 Å². The molecule has 0 bridgehead atoms. The van der Waals surface area contributed by atoms with Crippen LogP contribution in [0.3, 0.4) is 0 Å². The monoisotopic (exact) mass is 368 g/mol. The quantitative estimate of drug-likeness (QED) is 0.390. The van der Waals surface area contributed by atoms with Crippen LogP contribution in [0.25, 0.3) is 21.9 Å². The molecule has 0 spiro atoms. The molecule has 2 unspecified atom stereocenters. The zero-order chi connectivity index (χ0) is 18.7. The predicted molar refractivity (Wildman–Crippen MR) is 95.6 cm³/mol. The second kappa shape index (κ2) is 5.72. The van der Waals surface area contributed by atoms with Crippen LogP contribution in [0, 0.1) is 0 Å².